The van der Waals surface area contributed by atoms with Crippen LogP contribution >= 0.6 is 0 Å². The van der Waals surface area contributed by atoms with Crippen LogP contribution in [0, 0.1) is 0 Å². The van der Waals surface area contributed by atoms with E-state index < -0.39 is 6.03 Å². The summed E-state index contributed by atoms with van der Waals surface area (Å²) in [6.07, 6.45) is 1.56. The summed E-state index contributed by atoms with van der Waals surface area (Å²) in [6.45, 7) is 10.7. The van der Waals surface area contributed by atoms with Crippen molar-refractivity contribution < 1.29 is 9.59 Å². The molecule has 3 amide bonds. The molecule has 0 aromatic heterocycles. The minimum atomic E-state index is -0.479. The fourth-order valence-electron chi connectivity index (χ4n) is 1.86. The van der Waals surface area contributed by atoms with E-state index in [1.165, 1.54) is 0 Å². The third kappa shape index (κ3) is 4.46. The molecule has 1 aliphatic rings. The molecule has 0 unspecified atom stereocenters. The van der Waals surface area contributed by atoms with Gasteiger partial charge in [-0.15, -0.1) is 6.58 Å². The first-order valence-corrected chi connectivity index (χ1v) is 6.10. The number of nitrogens with zero attached hydrogens (tertiary/aromatic N) is 1. The van der Waals surface area contributed by atoms with Gasteiger partial charge in [0.2, 0.25) is 5.91 Å². The number of hydrogen-bond acceptors (Lipinski definition) is 4. The highest BCUT2D eigenvalue weighted by Crippen LogP contribution is 2.15. The molecule has 1 aliphatic heterocycles. The Morgan fingerprint density at radius 1 is 1.50 bits per heavy atom. The van der Waals surface area contributed by atoms with Gasteiger partial charge >= 0.3 is 6.03 Å². The SMILES string of the molecule is C=CCNC(=O)NC(=O)CN1CCNCC1(C)C. The lowest BCUT2D eigenvalue weighted by Gasteiger charge is -2.42. The maximum atomic E-state index is 11.7. The van der Waals surface area contributed by atoms with E-state index in [1.54, 1.807) is 6.08 Å². The smallest absolute Gasteiger partial charge is 0.321 e. The van der Waals surface area contributed by atoms with Gasteiger partial charge in [-0.2, -0.15) is 0 Å². The Bertz CT molecular complexity index is 328. The number of carbonyl (C=O) groups excluding carboxylic acids is 2. The fraction of sp³-hybridized carbons (Fsp3) is 0.667. The second-order valence-corrected chi connectivity index (χ2v) is 4.96. The van der Waals surface area contributed by atoms with E-state index in [0.717, 1.165) is 19.6 Å². The van der Waals surface area contributed by atoms with Crippen LogP contribution in [0.25, 0.3) is 0 Å². The Morgan fingerprint density at radius 3 is 2.83 bits per heavy atom. The van der Waals surface area contributed by atoms with E-state index in [2.05, 4.69) is 41.3 Å². The first-order valence-electron chi connectivity index (χ1n) is 6.10. The molecule has 0 atom stereocenters. The van der Waals surface area contributed by atoms with E-state index in [4.69, 9.17) is 0 Å². The quantitative estimate of drug-likeness (QED) is 0.601. The van der Waals surface area contributed by atoms with Gasteiger partial charge in [-0.05, 0) is 13.8 Å². The van der Waals surface area contributed by atoms with Gasteiger partial charge < -0.3 is 10.6 Å². The third-order valence-electron chi connectivity index (χ3n) is 2.97. The summed E-state index contributed by atoms with van der Waals surface area (Å²) in [4.78, 5) is 25.1. The summed E-state index contributed by atoms with van der Waals surface area (Å²) in [7, 11) is 0. The van der Waals surface area contributed by atoms with Crippen LogP contribution in [0.3, 0.4) is 0 Å². The lowest BCUT2D eigenvalue weighted by molar-refractivity contribution is -0.122. The van der Waals surface area contributed by atoms with Crippen LogP contribution in [0.5, 0.6) is 0 Å². The van der Waals surface area contributed by atoms with E-state index in [1.807, 2.05) is 0 Å². The number of urea groups is 1. The molecular weight excluding hydrogens is 232 g/mol. The first-order chi connectivity index (χ1) is 8.45. The normalized spacial score (nSPS) is 19.0. The van der Waals surface area contributed by atoms with Gasteiger partial charge in [0.15, 0.2) is 0 Å². The van der Waals surface area contributed by atoms with E-state index >= 15 is 0 Å². The number of rotatable bonds is 4. The van der Waals surface area contributed by atoms with Gasteiger partial charge in [0.25, 0.3) is 0 Å². The molecule has 1 fully saturated rings. The molecule has 1 heterocycles. The van der Waals surface area contributed by atoms with Gasteiger partial charge in [-0.25, -0.2) is 4.79 Å². The van der Waals surface area contributed by atoms with Crippen LogP contribution in [0.2, 0.25) is 0 Å². The topological polar surface area (TPSA) is 73.5 Å². The van der Waals surface area contributed by atoms with Crippen molar-refractivity contribution in [2.24, 2.45) is 0 Å². The van der Waals surface area contributed by atoms with Crippen molar-refractivity contribution in [3.8, 4) is 0 Å². The van der Waals surface area contributed by atoms with Crippen molar-refractivity contribution in [2.75, 3.05) is 32.7 Å². The molecule has 6 nitrogen and oxygen atoms in total. The molecule has 3 N–H and O–H groups in total. The average molecular weight is 254 g/mol. The molecule has 1 saturated heterocycles. The molecule has 0 bridgehead atoms. The summed E-state index contributed by atoms with van der Waals surface area (Å²) in [6, 6.07) is -0.479. The second kappa shape index (κ2) is 6.51. The highest BCUT2D eigenvalue weighted by Gasteiger charge is 2.30. The molecule has 0 spiro atoms. The monoisotopic (exact) mass is 254 g/mol. The van der Waals surface area contributed by atoms with Gasteiger partial charge in [0.05, 0.1) is 6.54 Å². The van der Waals surface area contributed by atoms with Crippen molar-refractivity contribution >= 4 is 11.9 Å². The highest BCUT2D eigenvalue weighted by atomic mass is 16.2. The Kier molecular flexibility index (Phi) is 5.30. The zero-order valence-corrected chi connectivity index (χ0v) is 11.1. The van der Waals surface area contributed by atoms with Crippen LogP contribution in [0.15, 0.2) is 12.7 Å². The number of nitrogens with one attached hydrogen (secondary N) is 3. The standard InChI is InChI=1S/C12H22N4O2/c1-4-5-14-11(18)15-10(17)8-16-7-6-13-9-12(16,2)3/h4,13H,1,5-9H2,2-3H3,(H2,14,15,17,18). The number of piperazine rings is 1. The lowest BCUT2D eigenvalue weighted by Crippen LogP contribution is -2.60. The van der Waals surface area contributed by atoms with Crippen molar-refractivity contribution in [1.29, 1.82) is 0 Å². The molecule has 1 rings (SSSR count). The van der Waals surface area contributed by atoms with Gasteiger partial charge in [-0.1, -0.05) is 6.08 Å². The zero-order chi connectivity index (χ0) is 13.6. The second-order valence-electron chi connectivity index (χ2n) is 4.96. The van der Waals surface area contributed by atoms with Crippen LogP contribution in [-0.4, -0.2) is 55.1 Å². The number of hydrogen-bond donors (Lipinski definition) is 3. The zero-order valence-electron chi connectivity index (χ0n) is 11.1. The molecular formula is C12H22N4O2. The maximum absolute atomic E-state index is 11.7. The number of imide groups is 1. The van der Waals surface area contributed by atoms with Gasteiger partial charge in [0.1, 0.15) is 0 Å². The Morgan fingerprint density at radius 2 is 2.22 bits per heavy atom. The Balaban J connectivity index is 2.39. The van der Waals surface area contributed by atoms with Crippen LogP contribution in [-0.2, 0) is 4.79 Å². The van der Waals surface area contributed by atoms with E-state index in [0.29, 0.717) is 6.54 Å². The fourth-order valence-corrected chi connectivity index (χ4v) is 1.86. The van der Waals surface area contributed by atoms with Crippen molar-refractivity contribution in [3.63, 3.8) is 0 Å². The molecule has 102 valence electrons. The molecule has 0 radical (unpaired) electrons. The summed E-state index contributed by atoms with van der Waals surface area (Å²) in [5.74, 6) is -0.286. The molecule has 0 aromatic rings. The number of carbonyl (C=O) groups is 2. The van der Waals surface area contributed by atoms with Crippen molar-refractivity contribution in [2.45, 2.75) is 19.4 Å². The lowest BCUT2D eigenvalue weighted by atomic mass is 10.0. The minimum absolute atomic E-state index is 0.0762. The highest BCUT2D eigenvalue weighted by molar-refractivity contribution is 5.95. The minimum Gasteiger partial charge on any atom is -0.334 e. The van der Waals surface area contributed by atoms with Crippen molar-refractivity contribution in [1.82, 2.24) is 20.9 Å². The van der Waals surface area contributed by atoms with E-state index in [-0.39, 0.29) is 18.0 Å². The average Bonchev–Trinajstić information content (AvgIpc) is 2.29. The summed E-state index contributed by atoms with van der Waals surface area (Å²) in [5.41, 5.74) is -0.0762. The van der Waals surface area contributed by atoms with Crippen LogP contribution in [0.1, 0.15) is 13.8 Å². The third-order valence-corrected chi connectivity index (χ3v) is 2.97. The largest absolute Gasteiger partial charge is 0.334 e. The van der Waals surface area contributed by atoms with Crippen molar-refractivity contribution in [3.05, 3.63) is 12.7 Å². The van der Waals surface area contributed by atoms with E-state index in [9.17, 15) is 9.59 Å². The van der Waals surface area contributed by atoms with Gasteiger partial charge in [0, 0.05) is 31.7 Å². The van der Waals surface area contributed by atoms with Crippen LogP contribution in [0.4, 0.5) is 4.79 Å². The Labute approximate surface area is 108 Å². The molecule has 18 heavy (non-hydrogen) atoms. The predicted octanol–water partition coefficient (Wildman–Crippen LogP) is -0.318. The van der Waals surface area contributed by atoms with Crippen LogP contribution < -0.4 is 16.0 Å². The maximum Gasteiger partial charge on any atom is 0.321 e. The summed E-state index contributed by atoms with van der Waals surface area (Å²) >= 11 is 0. The summed E-state index contributed by atoms with van der Waals surface area (Å²) in [5, 5.41) is 8.09. The predicted molar refractivity (Wildman–Crippen MR) is 70.3 cm³/mol. The molecule has 0 aliphatic carbocycles. The molecule has 0 saturated carbocycles. The number of amides is 3. The summed E-state index contributed by atoms with van der Waals surface area (Å²) < 4.78 is 0. The molecule has 0 aromatic carbocycles. The Hall–Kier alpha value is -1.40. The first kappa shape index (κ1) is 14.7. The van der Waals surface area contributed by atoms with Gasteiger partial charge in [-0.3, -0.25) is 15.0 Å². The molecule has 6 heteroatoms.